The maximum absolute atomic E-state index is 13.2. The van der Waals surface area contributed by atoms with Gasteiger partial charge in [-0.15, -0.1) is 0 Å². The summed E-state index contributed by atoms with van der Waals surface area (Å²) >= 11 is 13.4. The molecule has 2 aromatic carbocycles. The number of hydrogen-bond donors (Lipinski definition) is 0. The van der Waals surface area contributed by atoms with Gasteiger partial charge in [0, 0.05) is 11.6 Å². The van der Waals surface area contributed by atoms with E-state index in [4.69, 9.17) is 32.0 Å². The Balaban J connectivity index is 1.45. The zero-order chi connectivity index (χ0) is 22.8. The van der Waals surface area contributed by atoms with Crippen LogP contribution in [0.25, 0.3) is 17.4 Å². The first-order chi connectivity index (χ1) is 16.1. The van der Waals surface area contributed by atoms with Crippen LogP contribution in [0.5, 0.6) is 0 Å². The van der Waals surface area contributed by atoms with Gasteiger partial charge in [0.25, 0.3) is 5.91 Å². The number of hydrogen-bond acceptors (Lipinski definition) is 5. The van der Waals surface area contributed by atoms with Crippen LogP contribution in [0.1, 0.15) is 11.5 Å². The van der Waals surface area contributed by atoms with E-state index < -0.39 is 0 Å². The number of rotatable bonds is 5. The average Bonchev–Trinajstić information content (AvgIpc) is 3.56. The molecule has 1 fully saturated rings. The molecular weight excluding hydrogens is 479 g/mol. The monoisotopic (exact) mass is 494 g/mol. The Morgan fingerprint density at radius 3 is 2.58 bits per heavy atom. The van der Waals surface area contributed by atoms with Gasteiger partial charge in [-0.3, -0.25) is 9.69 Å². The minimum Gasteiger partial charge on any atom is -0.467 e. The van der Waals surface area contributed by atoms with Crippen molar-refractivity contribution in [2.75, 3.05) is 0 Å². The molecule has 4 aromatic rings. The number of nitrogens with zero attached hydrogens (tertiary/aromatic N) is 2. The molecule has 33 heavy (non-hydrogen) atoms. The van der Waals surface area contributed by atoms with E-state index in [-0.39, 0.29) is 12.5 Å². The summed E-state index contributed by atoms with van der Waals surface area (Å²) in [5.41, 5.74) is 1.56. The third kappa shape index (κ3) is 4.78. The lowest BCUT2D eigenvalue weighted by Crippen LogP contribution is -2.28. The van der Waals surface area contributed by atoms with Crippen LogP contribution in [0, 0.1) is 0 Å². The van der Waals surface area contributed by atoms with Crippen molar-refractivity contribution in [2.45, 2.75) is 6.54 Å². The van der Waals surface area contributed by atoms with Gasteiger partial charge in [-0.05, 0) is 66.4 Å². The summed E-state index contributed by atoms with van der Waals surface area (Å²) in [6, 6.07) is 22.1. The number of furan rings is 2. The highest BCUT2D eigenvalue weighted by Crippen LogP contribution is 2.36. The first kappa shape index (κ1) is 21.6. The molecule has 0 unspecified atom stereocenters. The second-order valence-corrected chi connectivity index (χ2v) is 8.97. The zero-order valence-electron chi connectivity index (χ0n) is 17.1. The number of benzene rings is 2. The van der Waals surface area contributed by atoms with E-state index in [0.29, 0.717) is 37.4 Å². The van der Waals surface area contributed by atoms with Gasteiger partial charge in [-0.1, -0.05) is 41.4 Å². The number of halogens is 2. The van der Waals surface area contributed by atoms with Gasteiger partial charge in [-0.2, -0.15) is 0 Å². The van der Waals surface area contributed by atoms with Gasteiger partial charge in [0.2, 0.25) is 0 Å². The molecule has 2 aromatic heterocycles. The lowest BCUT2D eigenvalue weighted by molar-refractivity contribution is -0.122. The molecule has 0 atom stereocenters. The van der Waals surface area contributed by atoms with Gasteiger partial charge in [0.15, 0.2) is 5.17 Å². The summed E-state index contributed by atoms with van der Waals surface area (Å²) in [7, 11) is 0. The van der Waals surface area contributed by atoms with E-state index in [9.17, 15) is 4.79 Å². The van der Waals surface area contributed by atoms with Crippen molar-refractivity contribution in [3.8, 4) is 11.3 Å². The van der Waals surface area contributed by atoms with E-state index in [2.05, 4.69) is 4.99 Å². The van der Waals surface area contributed by atoms with Crippen molar-refractivity contribution in [3.63, 3.8) is 0 Å². The zero-order valence-corrected chi connectivity index (χ0v) is 19.4. The maximum Gasteiger partial charge on any atom is 0.267 e. The predicted molar refractivity (Wildman–Crippen MR) is 133 cm³/mol. The first-order valence-electron chi connectivity index (χ1n) is 9.99. The van der Waals surface area contributed by atoms with E-state index in [1.54, 1.807) is 35.4 Å². The van der Waals surface area contributed by atoms with E-state index >= 15 is 0 Å². The average molecular weight is 495 g/mol. The Morgan fingerprint density at radius 2 is 1.82 bits per heavy atom. The van der Waals surface area contributed by atoms with E-state index in [1.165, 1.54) is 11.8 Å². The van der Waals surface area contributed by atoms with Crippen molar-refractivity contribution < 1.29 is 13.6 Å². The second kappa shape index (κ2) is 9.35. The van der Waals surface area contributed by atoms with Gasteiger partial charge < -0.3 is 8.83 Å². The third-order valence-corrected chi connectivity index (χ3v) is 6.61. The summed E-state index contributed by atoms with van der Waals surface area (Å²) in [4.78, 5) is 20.0. The molecule has 1 aliphatic heterocycles. The molecule has 0 N–H and O–H groups in total. The van der Waals surface area contributed by atoms with Crippen molar-refractivity contribution in [2.24, 2.45) is 4.99 Å². The predicted octanol–water partition coefficient (Wildman–Crippen LogP) is 7.65. The fourth-order valence-electron chi connectivity index (χ4n) is 3.27. The highest BCUT2D eigenvalue weighted by molar-refractivity contribution is 8.18. The Hall–Kier alpha value is -3.19. The third-order valence-electron chi connectivity index (χ3n) is 4.87. The molecule has 164 valence electrons. The summed E-state index contributed by atoms with van der Waals surface area (Å²) in [5.74, 6) is 1.68. The van der Waals surface area contributed by atoms with Crippen LogP contribution in [-0.2, 0) is 11.3 Å². The van der Waals surface area contributed by atoms with Gasteiger partial charge in [0.05, 0.1) is 33.4 Å². The van der Waals surface area contributed by atoms with E-state index in [0.717, 1.165) is 11.3 Å². The van der Waals surface area contributed by atoms with Crippen LogP contribution in [-0.4, -0.2) is 16.0 Å². The molecule has 0 bridgehead atoms. The summed E-state index contributed by atoms with van der Waals surface area (Å²) in [6.07, 6.45) is 3.30. The molecule has 0 aliphatic carbocycles. The Bertz CT molecular complexity index is 1360. The minimum atomic E-state index is -0.168. The van der Waals surface area contributed by atoms with Crippen LogP contribution in [0.2, 0.25) is 10.0 Å². The molecule has 0 radical (unpaired) electrons. The molecule has 1 aliphatic rings. The van der Waals surface area contributed by atoms with Gasteiger partial charge in [-0.25, -0.2) is 4.99 Å². The van der Waals surface area contributed by atoms with Crippen LogP contribution in [0.4, 0.5) is 5.69 Å². The van der Waals surface area contributed by atoms with Crippen LogP contribution < -0.4 is 0 Å². The number of carbonyl (C=O) groups excluding carboxylic acids is 1. The standard InChI is InChI=1S/C25H16Cl2N2O3S/c26-20-10-8-16(13-21(20)27)22-11-9-18(32-22)14-23-24(30)29(15-19-7-4-12-31-19)25(33-23)28-17-5-2-1-3-6-17/h1-14H,15H2/b23-14-,28-25?. The maximum atomic E-state index is 13.2. The quantitative estimate of drug-likeness (QED) is 0.267. The summed E-state index contributed by atoms with van der Waals surface area (Å²) in [5, 5.41) is 1.50. The number of carbonyl (C=O) groups is 1. The second-order valence-electron chi connectivity index (χ2n) is 7.14. The minimum absolute atomic E-state index is 0.168. The Kier molecular flexibility index (Phi) is 6.13. The highest BCUT2D eigenvalue weighted by atomic mass is 35.5. The fourth-order valence-corrected chi connectivity index (χ4v) is 4.54. The lowest BCUT2D eigenvalue weighted by Gasteiger charge is -2.13. The van der Waals surface area contributed by atoms with E-state index in [1.807, 2.05) is 54.6 Å². The van der Waals surface area contributed by atoms with Gasteiger partial charge in [0.1, 0.15) is 17.3 Å². The van der Waals surface area contributed by atoms with Crippen LogP contribution in [0.15, 0.2) is 97.8 Å². The highest BCUT2D eigenvalue weighted by Gasteiger charge is 2.34. The molecule has 1 saturated heterocycles. The summed E-state index contributed by atoms with van der Waals surface area (Å²) in [6.45, 7) is 0.286. The largest absolute Gasteiger partial charge is 0.467 e. The number of thioether (sulfide) groups is 1. The number of para-hydroxylation sites is 1. The Labute approximate surface area is 204 Å². The Morgan fingerprint density at radius 1 is 0.970 bits per heavy atom. The van der Waals surface area contributed by atoms with Crippen LogP contribution >= 0.6 is 35.0 Å². The van der Waals surface area contributed by atoms with Crippen molar-refractivity contribution >= 4 is 57.8 Å². The summed E-state index contributed by atoms with van der Waals surface area (Å²) < 4.78 is 11.4. The fraction of sp³-hybridized carbons (Fsp3) is 0.0400. The molecule has 5 rings (SSSR count). The molecule has 8 heteroatoms. The molecule has 1 amide bonds. The topological polar surface area (TPSA) is 59.0 Å². The molecule has 0 spiro atoms. The molecule has 3 heterocycles. The van der Waals surface area contributed by atoms with Crippen molar-refractivity contribution in [1.29, 1.82) is 0 Å². The van der Waals surface area contributed by atoms with Crippen LogP contribution in [0.3, 0.4) is 0 Å². The lowest BCUT2D eigenvalue weighted by atomic mass is 10.2. The molecule has 0 saturated carbocycles. The smallest absolute Gasteiger partial charge is 0.267 e. The molecule has 5 nitrogen and oxygen atoms in total. The number of amides is 1. The van der Waals surface area contributed by atoms with Crippen molar-refractivity contribution in [1.82, 2.24) is 4.90 Å². The number of amidine groups is 1. The normalized spacial score (nSPS) is 16.3. The molecular formula is C25H16Cl2N2O3S. The first-order valence-corrected chi connectivity index (χ1v) is 11.6. The van der Waals surface area contributed by atoms with Crippen molar-refractivity contribution in [3.05, 3.63) is 106 Å². The number of aliphatic imine (C=N–C) groups is 1. The SMILES string of the molecule is O=C1/C(=C/c2ccc(-c3ccc(Cl)c(Cl)c3)o2)SC(=Nc2ccccc2)N1Cc1ccco1. The van der Waals surface area contributed by atoms with Gasteiger partial charge >= 0.3 is 0 Å².